The summed E-state index contributed by atoms with van der Waals surface area (Å²) in [5, 5.41) is 3.07. The number of hydrogen-bond acceptors (Lipinski definition) is 4. The summed E-state index contributed by atoms with van der Waals surface area (Å²) >= 11 is 1.67. The van der Waals surface area contributed by atoms with Gasteiger partial charge in [-0.25, -0.2) is 0 Å². The second-order valence-electron chi connectivity index (χ2n) is 3.49. The van der Waals surface area contributed by atoms with Gasteiger partial charge in [0.2, 0.25) is 0 Å². The molecular weight excluding hydrogens is 238 g/mol. The molecule has 0 atom stereocenters. The fraction of sp³-hybridized carbons (Fsp3) is 0.273. The lowest BCUT2D eigenvalue weighted by atomic mass is 10.2. The smallest absolute Gasteiger partial charge is 0.314 e. The highest BCUT2D eigenvalue weighted by molar-refractivity contribution is 7.99. The van der Waals surface area contributed by atoms with Gasteiger partial charge < -0.3 is 15.3 Å². The van der Waals surface area contributed by atoms with Gasteiger partial charge in [0.1, 0.15) is 0 Å². The maximum absolute atomic E-state index is 11.2. The van der Waals surface area contributed by atoms with Gasteiger partial charge in [-0.15, -0.1) is 11.8 Å². The number of benzene rings is 1. The fourth-order valence-electron chi connectivity index (χ4n) is 1.62. The number of thioether (sulfide) groups is 1. The molecule has 0 aliphatic heterocycles. The van der Waals surface area contributed by atoms with Gasteiger partial charge in [-0.3, -0.25) is 9.59 Å². The van der Waals surface area contributed by atoms with Gasteiger partial charge in [0.05, 0.1) is 11.0 Å². The van der Waals surface area contributed by atoms with E-state index in [9.17, 15) is 9.59 Å². The summed E-state index contributed by atoms with van der Waals surface area (Å²) in [5.41, 5.74) is 0.952. The molecule has 0 amide bonds. The van der Waals surface area contributed by atoms with Crippen molar-refractivity contribution in [3.8, 4) is 0 Å². The summed E-state index contributed by atoms with van der Waals surface area (Å²) < 4.78 is 0. The molecule has 3 N–H and O–H groups in total. The van der Waals surface area contributed by atoms with Crippen LogP contribution in [0.3, 0.4) is 0 Å². The van der Waals surface area contributed by atoms with Gasteiger partial charge in [0.15, 0.2) is 0 Å². The molecule has 90 valence electrons. The molecule has 0 unspecified atom stereocenters. The fourth-order valence-corrected chi connectivity index (χ4v) is 2.44. The number of fused-ring (bicyclic) bond motifs is 1. The Balaban J connectivity index is 2.73. The molecule has 2 aromatic rings. The minimum atomic E-state index is -0.629. The summed E-state index contributed by atoms with van der Waals surface area (Å²) in [5.74, 6) is 0.938. The molecule has 2 rings (SSSR count). The molecule has 0 radical (unpaired) electrons. The molecule has 17 heavy (non-hydrogen) atoms. The van der Waals surface area contributed by atoms with Crippen molar-refractivity contribution in [2.45, 2.75) is 11.8 Å². The summed E-state index contributed by atoms with van der Waals surface area (Å²) in [7, 11) is 1.82. The van der Waals surface area contributed by atoms with E-state index in [1.54, 1.807) is 11.8 Å². The van der Waals surface area contributed by atoms with Crippen LogP contribution >= 0.6 is 11.8 Å². The second kappa shape index (κ2) is 4.67. The Hall–Kier alpha value is -1.69. The number of aromatic amines is 2. The first-order valence-electron chi connectivity index (χ1n) is 5.26. The van der Waals surface area contributed by atoms with Gasteiger partial charge in [-0.1, -0.05) is 6.92 Å². The summed E-state index contributed by atoms with van der Waals surface area (Å²) in [6.07, 6.45) is 0. The van der Waals surface area contributed by atoms with Crippen LogP contribution in [0, 0.1) is 0 Å². The third-order valence-electron chi connectivity index (χ3n) is 2.39. The predicted octanol–water partition coefficient (Wildman–Crippen LogP) is 1.37. The van der Waals surface area contributed by atoms with E-state index >= 15 is 0 Å². The van der Waals surface area contributed by atoms with Crippen LogP contribution in [0.5, 0.6) is 0 Å². The molecule has 0 aliphatic carbocycles. The van der Waals surface area contributed by atoms with Crippen LogP contribution in [0.4, 0.5) is 5.69 Å². The molecule has 0 saturated heterocycles. The highest BCUT2D eigenvalue weighted by atomic mass is 32.2. The Morgan fingerprint density at radius 1 is 1.18 bits per heavy atom. The van der Waals surface area contributed by atoms with E-state index in [0.29, 0.717) is 11.0 Å². The predicted molar refractivity (Wildman–Crippen MR) is 71.1 cm³/mol. The molecule has 1 heterocycles. The first-order chi connectivity index (χ1) is 8.15. The summed E-state index contributed by atoms with van der Waals surface area (Å²) in [4.78, 5) is 28.6. The van der Waals surface area contributed by atoms with E-state index in [1.807, 2.05) is 19.2 Å². The van der Waals surface area contributed by atoms with Gasteiger partial charge in [-0.2, -0.15) is 0 Å². The van der Waals surface area contributed by atoms with E-state index < -0.39 is 11.1 Å². The second-order valence-corrected chi connectivity index (χ2v) is 4.79. The molecular formula is C11H13N3O2S. The molecule has 0 aliphatic rings. The number of H-pyrrole nitrogens is 2. The Morgan fingerprint density at radius 2 is 1.76 bits per heavy atom. The SMILES string of the molecule is CCSc1cc2[nH]c(=O)c(=O)[nH]c2cc1NC. The Kier molecular flexibility index (Phi) is 3.23. The topological polar surface area (TPSA) is 77.8 Å². The standard InChI is InChI=1S/C11H13N3O2S/c1-3-17-9-5-7-6(4-8(9)12-2)13-10(15)11(16)14-7/h4-5,12H,3H2,1-2H3,(H,13,15)(H,14,16). The minimum Gasteiger partial charge on any atom is -0.387 e. The van der Waals surface area contributed by atoms with Crippen molar-refractivity contribution < 1.29 is 0 Å². The Labute approximate surface area is 102 Å². The normalized spacial score (nSPS) is 10.7. The summed E-state index contributed by atoms with van der Waals surface area (Å²) in [6.45, 7) is 2.06. The Morgan fingerprint density at radius 3 is 2.29 bits per heavy atom. The third kappa shape index (κ3) is 2.21. The monoisotopic (exact) mass is 251 g/mol. The average Bonchev–Trinajstić information content (AvgIpc) is 2.31. The third-order valence-corrected chi connectivity index (χ3v) is 3.33. The quantitative estimate of drug-likeness (QED) is 0.568. The molecule has 0 saturated carbocycles. The molecule has 0 bridgehead atoms. The van der Waals surface area contributed by atoms with Crippen LogP contribution < -0.4 is 16.4 Å². The molecule has 1 aromatic carbocycles. The lowest BCUT2D eigenvalue weighted by molar-refractivity contribution is 1.14. The first kappa shape index (κ1) is 11.8. The highest BCUT2D eigenvalue weighted by Gasteiger charge is 2.06. The van der Waals surface area contributed by atoms with Crippen LogP contribution in [0.25, 0.3) is 11.0 Å². The maximum atomic E-state index is 11.2. The molecule has 0 fully saturated rings. The molecule has 6 heteroatoms. The van der Waals surface area contributed by atoms with Crippen LogP contribution in [0.2, 0.25) is 0 Å². The van der Waals surface area contributed by atoms with E-state index in [1.165, 1.54) is 0 Å². The lowest BCUT2D eigenvalue weighted by Gasteiger charge is -2.09. The molecule has 1 aromatic heterocycles. The number of hydrogen-bond donors (Lipinski definition) is 3. The molecule has 0 spiro atoms. The number of aromatic nitrogens is 2. The minimum absolute atomic E-state index is 0.623. The summed E-state index contributed by atoms with van der Waals surface area (Å²) in [6, 6.07) is 3.69. The van der Waals surface area contributed by atoms with Crippen molar-refractivity contribution in [1.82, 2.24) is 9.97 Å². The van der Waals surface area contributed by atoms with Gasteiger partial charge in [-0.05, 0) is 17.9 Å². The van der Waals surface area contributed by atoms with Crippen LogP contribution in [0.1, 0.15) is 6.92 Å². The van der Waals surface area contributed by atoms with E-state index in [0.717, 1.165) is 16.3 Å². The van der Waals surface area contributed by atoms with Crippen molar-refractivity contribution in [3.63, 3.8) is 0 Å². The van der Waals surface area contributed by atoms with Gasteiger partial charge in [0, 0.05) is 17.6 Å². The van der Waals surface area contributed by atoms with Crippen molar-refractivity contribution in [1.29, 1.82) is 0 Å². The average molecular weight is 251 g/mol. The van der Waals surface area contributed by atoms with Crippen molar-refractivity contribution in [3.05, 3.63) is 32.8 Å². The van der Waals surface area contributed by atoms with E-state index in [4.69, 9.17) is 0 Å². The number of nitrogens with one attached hydrogen (secondary N) is 3. The van der Waals surface area contributed by atoms with Crippen molar-refractivity contribution in [2.24, 2.45) is 0 Å². The zero-order valence-corrected chi connectivity index (χ0v) is 10.4. The maximum Gasteiger partial charge on any atom is 0.314 e. The van der Waals surface area contributed by atoms with Gasteiger partial charge >= 0.3 is 11.1 Å². The first-order valence-corrected chi connectivity index (χ1v) is 6.25. The van der Waals surface area contributed by atoms with Crippen LogP contribution in [-0.4, -0.2) is 22.8 Å². The van der Waals surface area contributed by atoms with Crippen molar-refractivity contribution in [2.75, 3.05) is 18.1 Å². The van der Waals surface area contributed by atoms with Crippen molar-refractivity contribution >= 4 is 28.5 Å². The van der Waals surface area contributed by atoms with Crippen LogP contribution in [-0.2, 0) is 0 Å². The molecule has 5 nitrogen and oxygen atoms in total. The largest absolute Gasteiger partial charge is 0.387 e. The zero-order chi connectivity index (χ0) is 12.4. The van der Waals surface area contributed by atoms with Crippen LogP contribution in [0.15, 0.2) is 26.6 Å². The van der Waals surface area contributed by atoms with E-state index in [-0.39, 0.29) is 0 Å². The number of rotatable bonds is 3. The highest BCUT2D eigenvalue weighted by Crippen LogP contribution is 2.29. The lowest BCUT2D eigenvalue weighted by Crippen LogP contribution is -2.28. The number of anilines is 1. The zero-order valence-electron chi connectivity index (χ0n) is 9.59. The van der Waals surface area contributed by atoms with E-state index in [2.05, 4.69) is 22.2 Å². The van der Waals surface area contributed by atoms with Gasteiger partial charge in [0.25, 0.3) is 0 Å². The Bertz CT molecular complexity index is 660.